The molecule has 20 heavy (non-hydrogen) atoms. The van der Waals surface area contributed by atoms with Crippen LogP contribution in [0.15, 0.2) is 12.4 Å². The van der Waals surface area contributed by atoms with Crippen molar-refractivity contribution in [3.63, 3.8) is 0 Å². The number of hydrogen-bond donors (Lipinski definition) is 1. The lowest BCUT2D eigenvalue weighted by Gasteiger charge is -2.16. The van der Waals surface area contributed by atoms with E-state index in [4.69, 9.17) is 18.0 Å². The fraction of sp³-hybridized carbons (Fsp3) is 0.545. The minimum absolute atomic E-state index is 0.0623. The predicted molar refractivity (Wildman–Crippen MR) is 70.9 cm³/mol. The van der Waals surface area contributed by atoms with Crippen molar-refractivity contribution in [1.82, 2.24) is 14.7 Å². The fourth-order valence-corrected chi connectivity index (χ4v) is 1.53. The number of nitrogens with zero attached hydrogens (tertiary/aromatic N) is 3. The van der Waals surface area contributed by atoms with Crippen LogP contribution in [0.25, 0.3) is 0 Å². The molecule has 0 saturated heterocycles. The van der Waals surface area contributed by atoms with Crippen molar-refractivity contribution in [1.29, 1.82) is 0 Å². The van der Waals surface area contributed by atoms with Crippen molar-refractivity contribution in [2.75, 3.05) is 13.6 Å². The van der Waals surface area contributed by atoms with Gasteiger partial charge in [-0.25, -0.2) is 0 Å². The van der Waals surface area contributed by atoms with Crippen molar-refractivity contribution >= 4 is 23.1 Å². The number of halogens is 3. The monoisotopic (exact) mass is 308 g/mol. The summed E-state index contributed by atoms with van der Waals surface area (Å²) in [4.78, 5) is 13.5. The van der Waals surface area contributed by atoms with E-state index in [2.05, 4.69) is 5.10 Å². The minimum atomic E-state index is -4.42. The zero-order valence-corrected chi connectivity index (χ0v) is 11.7. The number of rotatable bonds is 6. The Kier molecular flexibility index (Phi) is 5.49. The lowest BCUT2D eigenvalue weighted by atomic mass is 10.3. The van der Waals surface area contributed by atoms with Gasteiger partial charge in [-0.2, -0.15) is 18.3 Å². The number of carbonyl (C=O) groups excluding carboxylic acids is 1. The van der Waals surface area contributed by atoms with E-state index in [9.17, 15) is 18.0 Å². The smallest absolute Gasteiger partial charge is 0.393 e. The standard InChI is InChI=1S/C11H15F3N4OS/c1-17(4-2-9(15)20)10(19)3-5-18-7-8(6-16-18)11(12,13)14/h6-7H,2-5H2,1H3,(H2,15,20). The maximum absolute atomic E-state index is 12.4. The number of alkyl halides is 3. The molecule has 1 aromatic heterocycles. The molecule has 112 valence electrons. The van der Waals surface area contributed by atoms with Gasteiger partial charge < -0.3 is 10.6 Å². The van der Waals surface area contributed by atoms with Crippen molar-refractivity contribution < 1.29 is 18.0 Å². The van der Waals surface area contributed by atoms with Gasteiger partial charge in [-0.1, -0.05) is 12.2 Å². The van der Waals surface area contributed by atoms with Gasteiger partial charge in [0.15, 0.2) is 0 Å². The van der Waals surface area contributed by atoms with Crippen LogP contribution in [0.1, 0.15) is 18.4 Å². The molecule has 1 rings (SSSR count). The molecule has 1 heterocycles. The maximum atomic E-state index is 12.4. The molecule has 1 aromatic rings. The van der Waals surface area contributed by atoms with Crippen LogP contribution in [-0.4, -0.2) is 39.2 Å². The van der Waals surface area contributed by atoms with Crippen LogP contribution >= 0.6 is 12.2 Å². The van der Waals surface area contributed by atoms with Gasteiger partial charge >= 0.3 is 6.18 Å². The molecule has 0 aliphatic rings. The molecule has 2 N–H and O–H groups in total. The number of hydrogen-bond acceptors (Lipinski definition) is 3. The molecule has 0 unspecified atom stereocenters. The Hall–Kier alpha value is -1.64. The third-order valence-electron chi connectivity index (χ3n) is 2.63. The largest absolute Gasteiger partial charge is 0.419 e. The van der Waals surface area contributed by atoms with E-state index in [-0.39, 0.29) is 18.9 Å². The second kappa shape index (κ2) is 6.69. The third-order valence-corrected chi connectivity index (χ3v) is 2.84. The average Bonchev–Trinajstić information content (AvgIpc) is 2.81. The summed E-state index contributed by atoms with van der Waals surface area (Å²) >= 11 is 4.70. The van der Waals surface area contributed by atoms with Gasteiger partial charge in [0.1, 0.15) is 0 Å². The SMILES string of the molecule is CN(CCC(N)=S)C(=O)CCn1cc(C(F)(F)F)cn1. The third kappa shape index (κ3) is 5.16. The van der Waals surface area contributed by atoms with E-state index in [1.165, 1.54) is 4.90 Å². The molecule has 1 amide bonds. The van der Waals surface area contributed by atoms with Crippen molar-refractivity contribution in [3.8, 4) is 0 Å². The summed E-state index contributed by atoms with van der Waals surface area (Å²) in [5.41, 5.74) is 4.50. The molecule has 0 radical (unpaired) electrons. The zero-order valence-electron chi connectivity index (χ0n) is 10.9. The first-order chi connectivity index (χ1) is 9.20. The van der Waals surface area contributed by atoms with Gasteiger partial charge in [0.05, 0.1) is 16.7 Å². The van der Waals surface area contributed by atoms with Crippen LogP contribution in [-0.2, 0) is 17.5 Å². The predicted octanol–water partition coefficient (Wildman–Crippen LogP) is 1.43. The van der Waals surface area contributed by atoms with Crippen LogP contribution in [0.3, 0.4) is 0 Å². The molecule has 0 fully saturated rings. The number of aromatic nitrogens is 2. The molecular weight excluding hydrogens is 293 g/mol. The Morgan fingerprint density at radius 2 is 2.15 bits per heavy atom. The maximum Gasteiger partial charge on any atom is 0.419 e. The van der Waals surface area contributed by atoms with Crippen molar-refractivity contribution in [3.05, 3.63) is 18.0 Å². The van der Waals surface area contributed by atoms with Gasteiger partial charge in [0.25, 0.3) is 0 Å². The highest BCUT2D eigenvalue weighted by Crippen LogP contribution is 2.28. The highest BCUT2D eigenvalue weighted by Gasteiger charge is 2.32. The van der Waals surface area contributed by atoms with Crippen LogP contribution in [0, 0.1) is 0 Å². The van der Waals surface area contributed by atoms with Crippen LogP contribution in [0.2, 0.25) is 0 Å². The summed E-state index contributed by atoms with van der Waals surface area (Å²) in [6.07, 6.45) is -2.33. The summed E-state index contributed by atoms with van der Waals surface area (Å²) in [5, 5.41) is 3.57. The number of thiocarbonyl (C=S) groups is 1. The lowest BCUT2D eigenvalue weighted by Crippen LogP contribution is -2.30. The van der Waals surface area contributed by atoms with Crippen molar-refractivity contribution in [2.24, 2.45) is 5.73 Å². The molecular formula is C11H15F3N4OS. The summed E-state index contributed by atoms with van der Waals surface area (Å²) in [6.45, 7) is 0.480. The lowest BCUT2D eigenvalue weighted by molar-refractivity contribution is -0.137. The van der Waals surface area contributed by atoms with E-state index in [0.717, 1.165) is 17.1 Å². The quantitative estimate of drug-likeness (QED) is 0.808. The average molecular weight is 308 g/mol. The van der Waals surface area contributed by atoms with Crippen LogP contribution in [0.4, 0.5) is 13.2 Å². The number of amides is 1. The van der Waals surface area contributed by atoms with Gasteiger partial charge in [-0.15, -0.1) is 0 Å². The molecule has 0 saturated carbocycles. The zero-order chi connectivity index (χ0) is 15.3. The first-order valence-corrected chi connectivity index (χ1v) is 6.23. The highest BCUT2D eigenvalue weighted by atomic mass is 32.1. The van der Waals surface area contributed by atoms with Gasteiger partial charge in [-0.3, -0.25) is 9.48 Å². The van der Waals surface area contributed by atoms with E-state index >= 15 is 0 Å². The number of nitrogens with two attached hydrogens (primary N) is 1. The summed E-state index contributed by atoms with van der Waals surface area (Å²) in [6, 6.07) is 0. The fourth-order valence-electron chi connectivity index (χ4n) is 1.44. The Labute approximate surface area is 119 Å². The first kappa shape index (κ1) is 16.4. The van der Waals surface area contributed by atoms with E-state index in [1.54, 1.807) is 7.05 Å². The topological polar surface area (TPSA) is 64.2 Å². The van der Waals surface area contributed by atoms with Gasteiger partial charge in [0.2, 0.25) is 5.91 Å². The van der Waals surface area contributed by atoms with E-state index < -0.39 is 11.7 Å². The number of aryl methyl sites for hydroxylation is 1. The van der Waals surface area contributed by atoms with Crippen LogP contribution in [0.5, 0.6) is 0 Å². The van der Waals surface area contributed by atoms with Gasteiger partial charge in [0, 0.05) is 39.2 Å². The highest BCUT2D eigenvalue weighted by molar-refractivity contribution is 7.80. The molecule has 0 bridgehead atoms. The van der Waals surface area contributed by atoms with E-state index in [0.29, 0.717) is 18.0 Å². The van der Waals surface area contributed by atoms with E-state index in [1.807, 2.05) is 0 Å². The molecule has 0 aromatic carbocycles. The Morgan fingerprint density at radius 1 is 1.50 bits per heavy atom. The molecule has 5 nitrogen and oxygen atoms in total. The number of carbonyl (C=O) groups is 1. The minimum Gasteiger partial charge on any atom is -0.393 e. The molecule has 0 aliphatic carbocycles. The normalized spacial score (nSPS) is 11.4. The summed E-state index contributed by atoms with van der Waals surface area (Å²) < 4.78 is 38.2. The molecule has 0 spiro atoms. The van der Waals surface area contributed by atoms with Crippen molar-refractivity contribution in [2.45, 2.75) is 25.6 Å². The summed E-state index contributed by atoms with van der Waals surface area (Å²) in [5.74, 6) is -0.203. The first-order valence-electron chi connectivity index (χ1n) is 5.82. The Morgan fingerprint density at radius 3 is 2.65 bits per heavy atom. The second-order valence-corrected chi connectivity index (χ2v) is 4.80. The Balaban J connectivity index is 2.45. The second-order valence-electron chi connectivity index (χ2n) is 4.27. The summed E-state index contributed by atoms with van der Waals surface area (Å²) in [7, 11) is 1.59. The molecule has 0 aliphatic heterocycles. The van der Waals surface area contributed by atoms with Crippen LogP contribution < -0.4 is 5.73 Å². The molecule has 0 atom stereocenters. The Bertz CT molecular complexity index is 486. The van der Waals surface area contributed by atoms with Gasteiger partial charge in [-0.05, 0) is 0 Å². The molecule has 9 heteroatoms.